The van der Waals surface area contributed by atoms with E-state index in [4.69, 9.17) is 0 Å². The van der Waals surface area contributed by atoms with Gasteiger partial charge in [-0.25, -0.2) is 19.9 Å². The van der Waals surface area contributed by atoms with E-state index in [1.54, 1.807) is 6.33 Å². The average molecular weight is 284 g/mol. The first-order chi connectivity index (χ1) is 10.2. The molecule has 6 heteroatoms. The molecule has 3 rings (SSSR count). The van der Waals surface area contributed by atoms with E-state index >= 15 is 0 Å². The monoisotopic (exact) mass is 284 g/mol. The largest absolute Gasteiger partial charge is 0.373 e. The highest BCUT2D eigenvalue weighted by Gasteiger charge is 2.29. The zero-order chi connectivity index (χ0) is 14.8. The predicted octanol–water partition coefficient (Wildman–Crippen LogP) is 2.27. The van der Waals surface area contributed by atoms with E-state index in [-0.39, 0.29) is 6.04 Å². The molecule has 1 atom stereocenters. The minimum Gasteiger partial charge on any atom is -0.373 e. The van der Waals surface area contributed by atoms with Crippen molar-refractivity contribution in [3.63, 3.8) is 0 Å². The summed E-state index contributed by atoms with van der Waals surface area (Å²) >= 11 is 0. The molecule has 2 aromatic rings. The van der Waals surface area contributed by atoms with Crippen molar-refractivity contribution in [2.45, 2.75) is 32.7 Å². The van der Waals surface area contributed by atoms with Crippen molar-refractivity contribution in [1.29, 1.82) is 0 Å². The maximum atomic E-state index is 4.63. The normalized spacial score (nSPS) is 18.0. The second-order valence-electron chi connectivity index (χ2n) is 5.37. The summed E-state index contributed by atoms with van der Waals surface area (Å²) in [5, 5.41) is 3.10. The lowest BCUT2D eigenvalue weighted by Gasteiger charge is -2.25. The summed E-state index contributed by atoms with van der Waals surface area (Å²) in [6.45, 7) is 4.96. The maximum Gasteiger partial charge on any atom is 0.153 e. The number of nitrogens with one attached hydrogen (secondary N) is 1. The number of aromatic nitrogens is 4. The van der Waals surface area contributed by atoms with Crippen molar-refractivity contribution < 1.29 is 0 Å². The van der Waals surface area contributed by atoms with E-state index in [0.717, 1.165) is 48.2 Å². The van der Waals surface area contributed by atoms with Gasteiger partial charge in [0, 0.05) is 37.1 Å². The van der Waals surface area contributed by atoms with Crippen LogP contribution in [0, 0.1) is 13.8 Å². The fraction of sp³-hybridized carbons (Fsp3) is 0.467. The molecule has 0 aliphatic carbocycles. The lowest BCUT2D eigenvalue weighted by Crippen LogP contribution is -2.25. The van der Waals surface area contributed by atoms with Gasteiger partial charge in [0.1, 0.15) is 18.0 Å². The SMILES string of the molecule is CNc1cc(C)nc([C@H]2CCCN2c2cc(C)ncn2)n1. The third-order valence-electron chi connectivity index (χ3n) is 3.76. The molecule has 0 radical (unpaired) electrons. The van der Waals surface area contributed by atoms with Crippen LogP contribution in [0.1, 0.15) is 36.1 Å². The summed E-state index contributed by atoms with van der Waals surface area (Å²) in [5.74, 6) is 2.69. The molecule has 0 amide bonds. The van der Waals surface area contributed by atoms with Gasteiger partial charge in [0.25, 0.3) is 0 Å². The number of hydrogen-bond acceptors (Lipinski definition) is 6. The van der Waals surface area contributed by atoms with E-state index in [2.05, 4.69) is 30.2 Å². The van der Waals surface area contributed by atoms with Crippen LogP contribution in [0.4, 0.5) is 11.6 Å². The molecule has 0 aromatic carbocycles. The number of anilines is 2. The van der Waals surface area contributed by atoms with Crippen molar-refractivity contribution >= 4 is 11.6 Å². The second-order valence-corrected chi connectivity index (χ2v) is 5.37. The average Bonchev–Trinajstić information content (AvgIpc) is 2.96. The summed E-state index contributed by atoms with van der Waals surface area (Å²) < 4.78 is 0. The fourth-order valence-electron chi connectivity index (χ4n) is 2.78. The van der Waals surface area contributed by atoms with Gasteiger partial charge in [-0.1, -0.05) is 0 Å². The highest BCUT2D eigenvalue weighted by Crippen LogP contribution is 2.34. The van der Waals surface area contributed by atoms with Crippen molar-refractivity contribution in [2.24, 2.45) is 0 Å². The maximum absolute atomic E-state index is 4.63. The summed E-state index contributed by atoms with van der Waals surface area (Å²) in [5.41, 5.74) is 1.96. The topological polar surface area (TPSA) is 66.8 Å². The fourth-order valence-corrected chi connectivity index (χ4v) is 2.78. The van der Waals surface area contributed by atoms with Crippen molar-refractivity contribution in [3.05, 3.63) is 35.7 Å². The highest BCUT2D eigenvalue weighted by molar-refractivity contribution is 5.44. The van der Waals surface area contributed by atoms with Crippen LogP contribution in [-0.2, 0) is 0 Å². The minimum atomic E-state index is 0.186. The number of aryl methyl sites for hydroxylation is 2. The Morgan fingerprint density at radius 1 is 1.14 bits per heavy atom. The van der Waals surface area contributed by atoms with Gasteiger partial charge in [-0.05, 0) is 26.7 Å². The third kappa shape index (κ3) is 2.79. The number of nitrogens with zero attached hydrogens (tertiary/aromatic N) is 5. The molecule has 3 heterocycles. The molecule has 0 unspecified atom stereocenters. The van der Waals surface area contributed by atoms with Gasteiger partial charge in [0.15, 0.2) is 5.82 Å². The molecule has 0 saturated carbocycles. The first-order valence-electron chi connectivity index (χ1n) is 7.26. The highest BCUT2D eigenvalue weighted by atomic mass is 15.3. The summed E-state index contributed by atoms with van der Waals surface area (Å²) in [4.78, 5) is 20.1. The summed E-state index contributed by atoms with van der Waals surface area (Å²) in [7, 11) is 1.88. The zero-order valence-electron chi connectivity index (χ0n) is 12.7. The van der Waals surface area contributed by atoms with Gasteiger partial charge >= 0.3 is 0 Å². The Bertz CT molecular complexity index is 642. The lowest BCUT2D eigenvalue weighted by atomic mass is 10.2. The summed E-state index contributed by atoms with van der Waals surface area (Å²) in [6, 6.07) is 4.16. The number of hydrogen-bond donors (Lipinski definition) is 1. The van der Waals surface area contributed by atoms with Crippen molar-refractivity contribution in [2.75, 3.05) is 23.8 Å². The molecule has 1 saturated heterocycles. The Balaban J connectivity index is 1.95. The van der Waals surface area contributed by atoms with Gasteiger partial charge in [0.05, 0.1) is 6.04 Å². The van der Waals surface area contributed by atoms with Crippen LogP contribution < -0.4 is 10.2 Å². The van der Waals surface area contributed by atoms with Gasteiger partial charge < -0.3 is 10.2 Å². The third-order valence-corrected chi connectivity index (χ3v) is 3.76. The molecular formula is C15H20N6. The molecule has 2 aromatic heterocycles. The molecule has 1 N–H and O–H groups in total. The first-order valence-corrected chi connectivity index (χ1v) is 7.26. The number of rotatable bonds is 3. The first kappa shape index (κ1) is 13.7. The molecule has 0 bridgehead atoms. The molecule has 1 fully saturated rings. The summed E-state index contributed by atoms with van der Waals surface area (Å²) in [6.07, 6.45) is 3.80. The van der Waals surface area contributed by atoms with Crippen LogP contribution in [0.15, 0.2) is 18.5 Å². The molecular weight excluding hydrogens is 264 g/mol. The van der Waals surface area contributed by atoms with Crippen LogP contribution in [-0.4, -0.2) is 33.5 Å². The van der Waals surface area contributed by atoms with E-state index in [0.29, 0.717) is 0 Å². The standard InChI is InChI=1S/C15H20N6/c1-10-8-14(18-9-17-10)21-6-4-5-12(21)15-19-11(2)7-13(16-3)20-15/h7-9,12H,4-6H2,1-3H3,(H,16,19,20)/t12-/m1/s1. The molecule has 0 spiro atoms. The van der Waals surface area contributed by atoms with Gasteiger partial charge in [-0.15, -0.1) is 0 Å². The zero-order valence-corrected chi connectivity index (χ0v) is 12.7. The van der Waals surface area contributed by atoms with Gasteiger partial charge in [-0.3, -0.25) is 0 Å². The lowest BCUT2D eigenvalue weighted by molar-refractivity contribution is 0.657. The predicted molar refractivity (Wildman–Crippen MR) is 82.4 cm³/mol. The molecule has 6 nitrogen and oxygen atoms in total. The van der Waals surface area contributed by atoms with E-state index in [9.17, 15) is 0 Å². The molecule has 21 heavy (non-hydrogen) atoms. The Hall–Kier alpha value is -2.24. The molecule has 110 valence electrons. The second kappa shape index (κ2) is 5.63. The van der Waals surface area contributed by atoms with Crippen molar-refractivity contribution in [1.82, 2.24) is 19.9 Å². The van der Waals surface area contributed by atoms with Crippen LogP contribution >= 0.6 is 0 Å². The Labute approximate surface area is 124 Å². The Morgan fingerprint density at radius 2 is 2.00 bits per heavy atom. The van der Waals surface area contributed by atoms with E-state index < -0.39 is 0 Å². The molecule has 1 aliphatic heterocycles. The van der Waals surface area contributed by atoms with Crippen LogP contribution in [0.5, 0.6) is 0 Å². The van der Waals surface area contributed by atoms with Gasteiger partial charge in [0.2, 0.25) is 0 Å². The van der Waals surface area contributed by atoms with Gasteiger partial charge in [-0.2, -0.15) is 0 Å². The quantitative estimate of drug-likeness (QED) is 0.932. The van der Waals surface area contributed by atoms with E-state index in [1.165, 1.54) is 0 Å². The van der Waals surface area contributed by atoms with E-state index in [1.807, 2.05) is 33.0 Å². The Morgan fingerprint density at radius 3 is 2.76 bits per heavy atom. The van der Waals surface area contributed by atoms with Crippen LogP contribution in [0.3, 0.4) is 0 Å². The van der Waals surface area contributed by atoms with Crippen LogP contribution in [0.2, 0.25) is 0 Å². The van der Waals surface area contributed by atoms with Crippen molar-refractivity contribution in [3.8, 4) is 0 Å². The minimum absolute atomic E-state index is 0.186. The smallest absolute Gasteiger partial charge is 0.153 e. The molecule has 1 aliphatic rings. The van der Waals surface area contributed by atoms with Crippen LogP contribution in [0.25, 0.3) is 0 Å². The Kier molecular flexibility index (Phi) is 3.68.